The van der Waals surface area contributed by atoms with Gasteiger partial charge in [0, 0.05) is 5.92 Å². The van der Waals surface area contributed by atoms with Gasteiger partial charge < -0.3 is 0 Å². The molecule has 90 valence electrons. The van der Waals surface area contributed by atoms with Gasteiger partial charge in [-0.15, -0.1) is 0 Å². The highest BCUT2D eigenvalue weighted by atomic mass is 14.6. The van der Waals surface area contributed by atoms with Gasteiger partial charge in [-0.25, -0.2) is 0 Å². The zero-order valence-corrected chi connectivity index (χ0v) is 10.4. The molecule has 2 aromatic carbocycles. The van der Waals surface area contributed by atoms with Crippen molar-refractivity contribution in [1.82, 2.24) is 0 Å². The molecule has 0 spiro atoms. The Morgan fingerprint density at radius 2 is 1.42 bits per heavy atom. The van der Waals surface area contributed by atoms with E-state index in [-0.39, 0.29) is 5.92 Å². The normalized spacial score (nSPS) is 19.2. The quantitative estimate of drug-likeness (QED) is 0.805. The molecule has 0 N–H and O–H groups in total. The number of hydrogen-bond donors (Lipinski definition) is 0. The van der Waals surface area contributed by atoms with Gasteiger partial charge in [-0.2, -0.15) is 10.5 Å². The second-order valence-corrected chi connectivity index (χ2v) is 4.94. The molecule has 0 aromatic heterocycles. The van der Waals surface area contributed by atoms with E-state index >= 15 is 0 Å². The molecule has 1 aliphatic rings. The van der Waals surface area contributed by atoms with Crippen LogP contribution in [0.25, 0.3) is 11.1 Å². The number of nitrogens with zero attached hydrogens (tertiary/aromatic N) is 2. The Balaban J connectivity index is 1.86. The predicted molar refractivity (Wildman–Crippen MR) is 72.9 cm³/mol. The van der Waals surface area contributed by atoms with Crippen molar-refractivity contribution in [3.8, 4) is 23.3 Å². The van der Waals surface area contributed by atoms with Gasteiger partial charge in [-0.05, 0) is 23.1 Å². The van der Waals surface area contributed by atoms with Crippen LogP contribution >= 0.6 is 0 Å². The zero-order chi connectivity index (χ0) is 13.3. The molecule has 1 saturated carbocycles. The molecule has 0 amide bonds. The summed E-state index contributed by atoms with van der Waals surface area (Å²) in [6.07, 6.45) is 0.657. The van der Waals surface area contributed by atoms with E-state index in [2.05, 4.69) is 36.4 Å². The minimum absolute atomic E-state index is 0.0762. The fourth-order valence-electron chi connectivity index (χ4n) is 2.48. The Morgan fingerprint density at radius 1 is 0.842 bits per heavy atom. The highest BCUT2D eigenvalue weighted by Gasteiger charge is 2.56. The van der Waals surface area contributed by atoms with Crippen LogP contribution in [0.5, 0.6) is 0 Å². The van der Waals surface area contributed by atoms with E-state index in [1.165, 1.54) is 5.56 Å². The second-order valence-electron chi connectivity index (χ2n) is 4.94. The SMILES string of the molecule is N#CC1(C#N)CC1c1ccc(-c2ccccc2)cc1. The monoisotopic (exact) mass is 244 g/mol. The molecule has 1 unspecified atom stereocenters. The van der Waals surface area contributed by atoms with Crippen molar-refractivity contribution < 1.29 is 0 Å². The fourth-order valence-corrected chi connectivity index (χ4v) is 2.48. The summed E-state index contributed by atoms with van der Waals surface area (Å²) in [7, 11) is 0. The van der Waals surface area contributed by atoms with Crippen LogP contribution in [0.4, 0.5) is 0 Å². The van der Waals surface area contributed by atoms with Gasteiger partial charge in [-0.1, -0.05) is 54.6 Å². The van der Waals surface area contributed by atoms with Crippen molar-refractivity contribution >= 4 is 0 Å². The molecule has 0 saturated heterocycles. The summed E-state index contributed by atoms with van der Waals surface area (Å²) in [4.78, 5) is 0. The molecule has 0 aliphatic heterocycles. The summed E-state index contributed by atoms with van der Waals surface area (Å²) in [6, 6.07) is 22.6. The van der Waals surface area contributed by atoms with Gasteiger partial charge in [0.15, 0.2) is 5.41 Å². The zero-order valence-electron chi connectivity index (χ0n) is 10.4. The first-order chi connectivity index (χ1) is 9.29. The van der Waals surface area contributed by atoms with Gasteiger partial charge in [-0.3, -0.25) is 0 Å². The maximum absolute atomic E-state index is 9.05. The summed E-state index contributed by atoms with van der Waals surface area (Å²) in [6.45, 7) is 0. The molecule has 2 heteroatoms. The minimum atomic E-state index is -0.783. The van der Waals surface area contributed by atoms with Crippen LogP contribution in [0.1, 0.15) is 17.9 Å². The topological polar surface area (TPSA) is 47.6 Å². The first kappa shape index (κ1) is 11.5. The molecular weight excluding hydrogens is 232 g/mol. The standard InChI is InChI=1S/C17H12N2/c18-11-17(12-19)10-16(17)15-8-6-14(7-9-15)13-4-2-1-3-5-13/h1-9,16H,10H2. The van der Waals surface area contributed by atoms with Crippen molar-refractivity contribution in [2.45, 2.75) is 12.3 Å². The van der Waals surface area contributed by atoms with Crippen LogP contribution < -0.4 is 0 Å². The van der Waals surface area contributed by atoms with Crippen LogP contribution in [0.2, 0.25) is 0 Å². The maximum Gasteiger partial charge on any atom is 0.151 e. The Labute approximate surface area is 112 Å². The number of nitriles is 2. The molecular formula is C17H12N2. The van der Waals surface area contributed by atoms with E-state index in [1.54, 1.807) is 0 Å². The molecule has 1 fully saturated rings. The molecule has 3 rings (SSSR count). The number of hydrogen-bond acceptors (Lipinski definition) is 2. The van der Waals surface area contributed by atoms with Crippen LogP contribution in [-0.2, 0) is 0 Å². The average Bonchev–Trinajstić information content (AvgIpc) is 3.24. The summed E-state index contributed by atoms with van der Waals surface area (Å²) in [5.41, 5.74) is 2.64. The van der Waals surface area contributed by atoms with Crippen LogP contribution in [0.3, 0.4) is 0 Å². The lowest BCUT2D eigenvalue weighted by atomic mass is 9.99. The summed E-state index contributed by atoms with van der Waals surface area (Å²) in [5.74, 6) is 0.0762. The van der Waals surface area contributed by atoms with Crippen LogP contribution in [-0.4, -0.2) is 0 Å². The molecule has 0 radical (unpaired) electrons. The van der Waals surface area contributed by atoms with E-state index in [0.717, 1.165) is 11.1 Å². The smallest absolute Gasteiger partial charge is 0.151 e. The highest BCUT2D eigenvalue weighted by Crippen LogP contribution is 2.58. The predicted octanol–water partition coefficient (Wildman–Crippen LogP) is 3.87. The van der Waals surface area contributed by atoms with E-state index in [0.29, 0.717) is 6.42 Å². The second kappa shape index (κ2) is 4.26. The molecule has 1 atom stereocenters. The summed E-state index contributed by atoms with van der Waals surface area (Å²) < 4.78 is 0. The number of benzene rings is 2. The minimum Gasteiger partial charge on any atom is -0.197 e. The molecule has 0 bridgehead atoms. The van der Waals surface area contributed by atoms with E-state index in [4.69, 9.17) is 10.5 Å². The first-order valence-corrected chi connectivity index (χ1v) is 6.27. The molecule has 1 aliphatic carbocycles. The van der Waals surface area contributed by atoms with Gasteiger partial charge in [0.1, 0.15) is 0 Å². The van der Waals surface area contributed by atoms with Crippen LogP contribution in [0, 0.1) is 28.1 Å². The Morgan fingerprint density at radius 3 is 1.95 bits per heavy atom. The third kappa shape index (κ3) is 1.88. The third-order valence-corrected chi connectivity index (χ3v) is 3.78. The van der Waals surface area contributed by atoms with Gasteiger partial charge in [0.2, 0.25) is 0 Å². The van der Waals surface area contributed by atoms with E-state index in [1.807, 2.05) is 30.3 Å². The van der Waals surface area contributed by atoms with Crippen molar-refractivity contribution in [2.75, 3.05) is 0 Å². The lowest BCUT2D eigenvalue weighted by Gasteiger charge is -2.04. The van der Waals surface area contributed by atoms with Gasteiger partial charge in [0.25, 0.3) is 0 Å². The van der Waals surface area contributed by atoms with Crippen molar-refractivity contribution in [3.63, 3.8) is 0 Å². The molecule has 2 aromatic rings. The summed E-state index contributed by atoms with van der Waals surface area (Å²) in [5, 5.41) is 18.1. The Kier molecular flexibility index (Phi) is 2.58. The van der Waals surface area contributed by atoms with E-state index in [9.17, 15) is 0 Å². The summed E-state index contributed by atoms with van der Waals surface area (Å²) >= 11 is 0. The number of rotatable bonds is 2. The third-order valence-electron chi connectivity index (χ3n) is 3.78. The molecule has 2 nitrogen and oxygen atoms in total. The fraction of sp³-hybridized carbons (Fsp3) is 0.176. The lowest BCUT2D eigenvalue weighted by Crippen LogP contribution is -1.95. The van der Waals surface area contributed by atoms with Crippen molar-refractivity contribution in [3.05, 3.63) is 60.2 Å². The largest absolute Gasteiger partial charge is 0.197 e. The van der Waals surface area contributed by atoms with Crippen LogP contribution in [0.15, 0.2) is 54.6 Å². The maximum atomic E-state index is 9.05. The molecule has 19 heavy (non-hydrogen) atoms. The first-order valence-electron chi connectivity index (χ1n) is 6.27. The molecule has 0 heterocycles. The lowest BCUT2D eigenvalue weighted by molar-refractivity contribution is 0.841. The van der Waals surface area contributed by atoms with Gasteiger partial charge >= 0.3 is 0 Å². The average molecular weight is 244 g/mol. The Bertz CT molecular complexity index is 658. The highest BCUT2D eigenvalue weighted by molar-refractivity contribution is 5.64. The van der Waals surface area contributed by atoms with Crippen molar-refractivity contribution in [2.24, 2.45) is 5.41 Å². The van der Waals surface area contributed by atoms with Gasteiger partial charge in [0.05, 0.1) is 12.1 Å². The van der Waals surface area contributed by atoms with Crippen molar-refractivity contribution in [1.29, 1.82) is 10.5 Å². The Hall–Kier alpha value is -2.58. The van der Waals surface area contributed by atoms with E-state index < -0.39 is 5.41 Å².